The van der Waals surface area contributed by atoms with Crippen molar-refractivity contribution in [3.05, 3.63) is 71.8 Å². The number of carbonyl (C=O) groups is 2. The maximum Gasteiger partial charge on any atom is 0.265 e. The highest BCUT2D eigenvalue weighted by atomic mass is 16.5. The van der Waals surface area contributed by atoms with E-state index in [1.165, 1.54) is 5.56 Å². The van der Waals surface area contributed by atoms with Gasteiger partial charge in [-0.25, -0.2) is 0 Å². The van der Waals surface area contributed by atoms with Gasteiger partial charge in [-0.1, -0.05) is 23.8 Å². The van der Waals surface area contributed by atoms with Gasteiger partial charge < -0.3 is 29.2 Å². The van der Waals surface area contributed by atoms with Gasteiger partial charge in [-0.2, -0.15) is 0 Å². The van der Waals surface area contributed by atoms with Gasteiger partial charge >= 0.3 is 0 Å². The van der Waals surface area contributed by atoms with Crippen LogP contribution >= 0.6 is 0 Å². The quantitative estimate of drug-likeness (QED) is 0.379. The lowest BCUT2D eigenvalue weighted by Crippen LogP contribution is -2.39. The first-order valence-electron chi connectivity index (χ1n) is 12.2. The fourth-order valence-corrected chi connectivity index (χ4v) is 4.09. The van der Waals surface area contributed by atoms with Crippen molar-refractivity contribution in [2.45, 2.75) is 26.2 Å². The summed E-state index contributed by atoms with van der Waals surface area (Å²) in [5, 5.41) is 2.93. The Balaban J connectivity index is 1.34. The van der Waals surface area contributed by atoms with Crippen LogP contribution in [-0.2, 0) is 16.0 Å². The third kappa shape index (κ3) is 6.73. The molecule has 1 N–H and O–H groups in total. The van der Waals surface area contributed by atoms with E-state index in [4.69, 9.17) is 18.9 Å². The van der Waals surface area contributed by atoms with Gasteiger partial charge in [0.25, 0.3) is 5.91 Å². The number of aryl methyl sites for hydroxylation is 2. The first kappa shape index (κ1) is 25.9. The summed E-state index contributed by atoms with van der Waals surface area (Å²) >= 11 is 0. The molecule has 0 aromatic heterocycles. The van der Waals surface area contributed by atoms with E-state index in [-0.39, 0.29) is 18.4 Å². The average Bonchev–Trinajstić information content (AvgIpc) is 2.91. The Labute approximate surface area is 217 Å². The molecule has 0 spiro atoms. The van der Waals surface area contributed by atoms with Gasteiger partial charge in [0.2, 0.25) is 5.91 Å². The van der Waals surface area contributed by atoms with Crippen LogP contribution in [0.15, 0.2) is 60.7 Å². The molecule has 1 aliphatic heterocycles. The van der Waals surface area contributed by atoms with Crippen molar-refractivity contribution < 1.29 is 28.5 Å². The maximum atomic E-state index is 12.6. The van der Waals surface area contributed by atoms with Gasteiger partial charge in [-0.05, 0) is 67.8 Å². The van der Waals surface area contributed by atoms with Crippen molar-refractivity contribution in [1.82, 2.24) is 0 Å². The highest BCUT2D eigenvalue weighted by Crippen LogP contribution is 2.35. The second-order valence-corrected chi connectivity index (χ2v) is 8.77. The van der Waals surface area contributed by atoms with E-state index in [2.05, 4.69) is 5.32 Å². The number of anilines is 2. The van der Waals surface area contributed by atoms with Crippen LogP contribution in [0.2, 0.25) is 0 Å². The molecule has 3 aromatic carbocycles. The molecule has 0 saturated carbocycles. The zero-order valence-corrected chi connectivity index (χ0v) is 21.4. The molecule has 0 atom stereocenters. The Morgan fingerprint density at radius 2 is 1.78 bits per heavy atom. The molecule has 194 valence electrons. The van der Waals surface area contributed by atoms with E-state index in [0.717, 1.165) is 11.3 Å². The number of ether oxygens (including phenoxy) is 4. The lowest BCUT2D eigenvalue weighted by molar-refractivity contribution is -0.121. The molecule has 3 aromatic rings. The summed E-state index contributed by atoms with van der Waals surface area (Å²) in [5.74, 6) is 2.44. The molecule has 0 aliphatic carbocycles. The Morgan fingerprint density at radius 1 is 1.00 bits per heavy atom. The molecule has 0 fully saturated rings. The molecule has 8 nitrogen and oxygen atoms in total. The van der Waals surface area contributed by atoms with Gasteiger partial charge in [0, 0.05) is 18.7 Å². The number of carbonyl (C=O) groups excluding carboxylic acids is 2. The Kier molecular flexibility index (Phi) is 8.51. The largest absolute Gasteiger partial charge is 0.494 e. The molecule has 4 rings (SSSR count). The number of nitrogens with zero attached hydrogens (tertiary/aromatic N) is 1. The number of hydrogen-bond donors (Lipinski definition) is 1. The first-order valence-corrected chi connectivity index (χ1v) is 12.2. The normalized spacial score (nSPS) is 12.4. The average molecular weight is 505 g/mol. The molecule has 2 amide bonds. The van der Waals surface area contributed by atoms with Crippen LogP contribution in [0, 0.1) is 6.92 Å². The van der Waals surface area contributed by atoms with Crippen LogP contribution in [0.4, 0.5) is 11.4 Å². The zero-order valence-electron chi connectivity index (χ0n) is 21.4. The highest BCUT2D eigenvalue weighted by molar-refractivity contribution is 5.99. The summed E-state index contributed by atoms with van der Waals surface area (Å²) in [6.45, 7) is 2.98. The molecule has 0 bridgehead atoms. The van der Waals surface area contributed by atoms with Crippen molar-refractivity contribution in [1.29, 1.82) is 0 Å². The molecule has 1 heterocycles. The van der Waals surface area contributed by atoms with Gasteiger partial charge in [-0.15, -0.1) is 0 Å². The number of rotatable bonds is 11. The number of benzene rings is 3. The molecule has 37 heavy (non-hydrogen) atoms. The standard InChI is InChI=1S/C29H32N2O6/c1-20-5-10-23(11-6-20)36-16-4-15-31-24-18-22(9-13-25(24)37-19-29(31)33)30-28(32)14-8-21-7-12-26(34-2)27(17-21)35-3/h5-7,9-13,17-18H,4,8,14-16,19H2,1-3H3,(H,30,32). The molecule has 0 radical (unpaired) electrons. The predicted molar refractivity (Wildman–Crippen MR) is 142 cm³/mol. The summed E-state index contributed by atoms with van der Waals surface area (Å²) in [6.07, 6.45) is 1.49. The van der Waals surface area contributed by atoms with Crippen molar-refractivity contribution in [2.75, 3.05) is 44.2 Å². The SMILES string of the molecule is COc1ccc(CCC(=O)Nc2ccc3c(c2)N(CCCOc2ccc(C)cc2)C(=O)CO3)cc1OC. The smallest absolute Gasteiger partial charge is 0.265 e. The second kappa shape index (κ2) is 12.2. The van der Waals surface area contributed by atoms with Gasteiger partial charge in [-0.3, -0.25) is 9.59 Å². The van der Waals surface area contributed by atoms with Crippen LogP contribution in [0.25, 0.3) is 0 Å². The Bertz CT molecular complexity index is 1240. The van der Waals surface area contributed by atoms with Crippen LogP contribution in [0.3, 0.4) is 0 Å². The number of methoxy groups -OCH3 is 2. The minimum absolute atomic E-state index is 0.0111. The van der Waals surface area contributed by atoms with Crippen LogP contribution < -0.4 is 29.2 Å². The van der Waals surface area contributed by atoms with E-state index < -0.39 is 0 Å². The summed E-state index contributed by atoms with van der Waals surface area (Å²) in [7, 11) is 3.17. The number of fused-ring (bicyclic) bond motifs is 1. The zero-order chi connectivity index (χ0) is 26.2. The minimum Gasteiger partial charge on any atom is -0.494 e. The molecule has 1 aliphatic rings. The van der Waals surface area contributed by atoms with Gasteiger partial charge in [0.1, 0.15) is 11.5 Å². The second-order valence-electron chi connectivity index (χ2n) is 8.77. The summed E-state index contributed by atoms with van der Waals surface area (Å²) in [4.78, 5) is 26.9. The molecule has 8 heteroatoms. The van der Waals surface area contributed by atoms with Crippen molar-refractivity contribution >= 4 is 23.2 Å². The maximum absolute atomic E-state index is 12.6. The number of amides is 2. The summed E-state index contributed by atoms with van der Waals surface area (Å²) in [6, 6.07) is 18.8. The third-order valence-electron chi connectivity index (χ3n) is 6.09. The topological polar surface area (TPSA) is 86.3 Å². The van der Waals surface area contributed by atoms with E-state index in [0.29, 0.717) is 61.0 Å². The Morgan fingerprint density at radius 3 is 2.54 bits per heavy atom. The van der Waals surface area contributed by atoms with E-state index >= 15 is 0 Å². The van der Waals surface area contributed by atoms with Gasteiger partial charge in [0.15, 0.2) is 18.1 Å². The molecule has 0 unspecified atom stereocenters. The number of hydrogen-bond acceptors (Lipinski definition) is 6. The highest BCUT2D eigenvalue weighted by Gasteiger charge is 2.25. The van der Waals surface area contributed by atoms with Crippen LogP contribution in [0.1, 0.15) is 24.0 Å². The molecule has 0 saturated heterocycles. The predicted octanol–water partition coefficient (Wildman–Crippen LogP) is 4.78. The fraction of sp³-hybridized carbons (Fsp3) is 0.310. The van der Waals surface area contributed by atoms with Crippen molar-refractivity contribution in [3.63, 3.8) is 0 Å². The molecular weight excluding hydrogens is 472 g/mol. The molecular formula is C29H32N2O6. The fourth-order valence-electron chi connectivity index (χ4n) is 4.09. The van der Waals surface area contributed by atoms with Crippen molar-refractivity contribution in [2.24, 2.45) is 0 Å². The monoisotopic (exact) mass is 504 g/mol. The Hall–Kier alpha value is -4.20. The van der Waals surface area contributed by atoms with Crippen LogP contribution in [0.5, 0.6) is 23.0 Å². The minimum atomic E-state index is -0.129. The van der Waals surface area contributed by atoms with E-state index in [9.17, 15) is 9.59 Å². The summed E-state index contributed by atoms with van der Waals surface area (Å²) in [5.41, 5.74) is 3.39. The van der Waals surface area contributed by atoms with E-state index in [1.54, 1.807) is 37.3 Å². The lowest BCUT2D eigenvalue weighted by Gasteiger charge is -2.30. The summed E-state index contributed by atoms with van der Waals surface area (Å²) < 4.78 is 22.0. The third-order valence-corrected chi connectivity index (χ3v) is 6.09. The van der Waals surface area contributed by atoms with Crippen LogP contribution in [-0.4, -0.2) is 45.8 Å². The van der Waals surface area contributed by atoms with E-state index in [1.807, 2.05) is 49.4 Å². The first-order chi connectivity index (χ1) is 18.0. The lowest BCUT2D eigenvalue weighted by atomic mass is 10.1. The number of nitrogens with one attached hydrogen (secondary N) is 1. The van der Waals surface area contributed by atoms with Gasteiger partial charge in [0.05, 0.1) is 26.5 Å². The van der Waals surface area contributed by atoms with Crippen molar-refractivity contribution in [3.8, 4) is 23.0 Å².